The maximum absolute atomic E-state index is 9.35. The molecule has 2 nitrogen and oxygen atoms in total. The predicted octanol–water partition coefficient (Wildman–Crippen LogP) is 4.87. The Labute approximate surface area is 135 Å². The first kappa shape index (κ1) is 15.8. The van der Waals surface area contributed by atoms with Crippen molar-refractivity contribution in [3.05, 3.63) is 54.1 Å². The lowest BCUT2D eigenvalue weighted by molar-refractivity contribution is 1.20. The summed E-state index contributed by atoms with van der Waals surface area (Å²) in [6.07, 6.45) is 0. The summed E-state index contributed by atoms with van der Waals surface area (Å²) in [5, 5.41) is 12.7. The molecule has 0 saturated heterocycles. The number of hydrogen-bond donors (Lipinski definition) is 1. The number of nitrogens with one attached hydrogen (secondary N) is 1. The predicted molar refractivity (Wildman–Crippen MR) is 93.2 cm³/mol. The van der Waals surface area contributed by atoms with Gasteiger partial charge in [0.1, 0.15) is 6.07 Å². The Balaban J connectivity index is 1.91. The van der Waals surface area contributed by atoms with Crippen molar-refractivity contribution in [3.63, 3.8) is 0 Å². The second-order valence-electron chi connectivity index (χ2n) is 4.31. The van der Waals surface area contributed by atoms with Gasteiger partial charge in [0.25, 0.3) is 0 Å². The molecule has 0 aromatic heterocycles. The summed E-state index contributed by atoms with van der Waals surface area (Å²) in [7, 11) is 0. The zero-order valence-electron chi connectivity index (χ0n) is 12.0. The molecule has 1 N–H and O–H groups in total. The molecule has 2 rings (SSSR count). The maximum atomic E-state index is 9.35. The largest absolute Gasteiger partial charge is 0.383 e. The monoisotopic (exact) mass is 314 g/mol. The van der Waals surface area contributed by atoms with Crippen LogP contribution < -0.4 is 5.32 Å². The number of anilines is 1. The fourth-order valence-electron chi connectivity index (χ4n) is 1.94. The summed E-state index contributed by atoms with van der Waals surface area (Å²) in [6, 6.07) is 18.7. The molecule has 0 bridgehead atoms. The molecule has 0 heterocycles. The lowest BCUT2D eigenvalue weighted by Gasteiger charge is -2.11. The van der Waals surface area contributed by atoms with Crippen LogP contribution in [-0.4, -0.2) is 18.1 Å². The van der Waals surface area contributed by atoms with Crippen molar-refractivity contribution < 1.29 is 0 Å². The second kappa shape index (κ2) is 8.66. The topological polar surface area (TPSA) is 35.8 Å². The lowest BCUT2D eigenvalue weighted by atomic mass is 10.2. The average Bonchev–Trinajstić information content (AvgIpc) is 2.53. The molecule has 0 aliphatic rings. The zero-order chi connectivity index (χ0) is 14.9. The lowest BCUT2D eigenvalue weighted by Crippen LogP contribution is -2.06. The van der Waals surface area contributed by atoms with Crippen LogP contribution in [0.5, 0.6) is 0 Å². The van der Waals surface area contributed by atoms with Crippen LogP contribution in [0.3, 0.4) is 0 Å². The SMILES string of the molecule is CCSc1cccc(NCCSc2ccccc2)c1C#N. The van der Waals surface area contributed by atoms with E-state index in [0.717, 1.165) is 34.2 Å². The average molecular weight is 314 g/mol. The number of nitrogens with zero attached hydrogens (tertiary/aromatic N) is 1. The van der Waals surface area contributed by atoms with Crippen LogP contribution in [0, 0.1) is 11.3 Å². The molecule has 2 aromatic carbocycles. The first-order valence-electron chi connectivity index (χ1n) is 6.92. The quantitative estimate of drug-likeness (QED) is 0.584. The Morgan fingerprint density at radius 2 is 1.86 bits per heavy atom. The van der Waals surface area contributed by atoms with Crippen molar-refractivity contribution in [2.45, 2.75) is 16.7 Å². The van der Waals surface area contributed by atoms with Crippen molar-refractivity contribution in [2.75, 3.05) is 23.4 Å². The van der Waals surface area contributed by atoms with Gasteiger partial charge in [-0.15, -0.1) is 23.5 Å². The highest BCUT2D eigenvalue weighted by atomic mass is 32.2. The molecule has 21 heavy (non-hydrogen) atoms. The smallest absolute Gasteiger partial charge is 0.102 e. The summed E-state index contributed by atoms with van der Waals surface area (Å²) in [5.41, 5.74) is 1.69. The molecule has 108 valence electrons. The van der Waals surface area contributed by atoms with Gasteiger partial charge in [0, 0.05) is 22.1 Å². The van der Waals surface area contributed by atoms with Crippen LogP contribution in [0.1, 0.15) is 12.5 Å². The van der Waals surface area contributed by atoms with Gasteiger partial charge < -0.3 is 5.32 Å². The Hall–Kier alpha value is -1.57. The van der Waals surface area contributed by atoms with Crippen LogP contribution in [0.4, 0.5) is 5.69 Å². The van der Waals surface area contributed by atoms with E-state index in [-0.39, 0.29) is 0 Å². The van der Waals surface area contributed by atoms with E-state index in [1.54, 1.807) is 11.8 Å². The third-order valence-electron chi connectivity index (χ3n) is 2.87. The minimum absolute atomic E-state index is 0.758. The van der Waals surface area contributed by atoms with E-state index in [4.69, 9.17) is 0 Å². The van der Waals surface area contributed by atoms with Crippen molar-refractivity contribution in [3.8, 4) is 6.07 Å². The molecule has 4 heteroatoms. The second-order valence-corrected chi connectivity index (χ2v) is 6.79. The first-order chi connectivity index (χ1) is 10.3. The molecule has 0 amide bonds. The standard InChI is InChI=1S/C17H18N2S2/c1-2-20-17-10-6-9-16(15(17)13-18)19-11-12-21-14-7-4-3-5-8-14/h3-10,19H,2,11-12H2,1H3. The molecule has 0 aliphatic carbocycles. The highest BCUT2D eigenvalue weighted by Gasteiger charge is 2.07. The van der Waals surface area contributed by atoms with Gasteiger partial charge in [0.05, 0.1) is 11.3 Å². The van der Waals surface area contributed by atoms with Crippen molar-refractivity contribution in [1.82, 2.24) is 0 Å². The molecule has 0 fully saturated rings. The molecular weight excluding hydrogens is 296 g/mol. The zero-order valence-corrected chi connectivity index (χ0v) is 13.6. The van der Waals surface area contributed by atoms with Gasteiger partial charge in [-0.25, -0.2) is 0 Å². The van der Waals surface area contributed by atoms with E-state index in [2.05, 4.69) is 42.6 Å². The molecular formula is C17H18N2S2. The van der Waals surface area contributed by atoms with E-state index in [0.29, 0.717) is 0 Å². The van der Waals surface area contributed by atoms with E-state index in [9.17, 15) is 5.26 Å². The van der Waals surface area contributed by atoms with Crippen LogP contribution >= 0.6 is 23.5 Å². The summed E-state index contributed by atoms with van der Waals surface area (Å²) in [5.74, 6) is 1.95. The first-order valence-corrected chi connectivity index (χ1v) is 8.90. The molecule has 0 aliphatic heterocycles. The summed E-state index contributed by atoms with van der Waals surface area (Å²) < 4.78 is 0. The Morgan fingerprint density at radius 1 is 1.05 bits per heavy atom. The minimum Gasteiger partial charge on any atom is -0.383 e. The normalized spacial score (nSPS) is 10.1. The van der Waals surface area contributed by atoms with Crippen molar-refractivity contribution in [2.24, 2.45) is 0 Å². The highest BCUT2D eigenvalue weighted by Crippen LogP contribution is 2.28. The third kappa shape index (κ3) is 4.73. The van der Waals surface area contributed by atoms with E-state index in [1.165, 1.54) is 4.90 Å². The summed E-state index contributed by atoms with van der Waals surface area (Å²) in [4.78, 5) is 2.33. The third-order valence-corrected chi connectivity index (χ3v) is 4.82. The van der Waals surface area contributed by atoms with Gasteiger partial charge in [-0.3, -0.25) is 0 Å². The Kier molecular flexibility index (Phi) is 6.52. The minimum atomic E-state index is 0.758. The fourth-order valence-corrected chi connectivity index (χ4v) is 3.52. The highest BCUT2D eigenvalue weighted by molar-refractivity contribution is 7.99. The molecule has 0 saturated carbocycles. The molecule has 0 unspecified atom stereocenters. The summed E-state index contributed by atoms with van der Waals surface area (Å²) >= 11 is 3.53. The van der Waals surface area contributed by atoms with Crippen LogP contribution in [0.25, 0.3) is 0 Å². The number of nitriles is 1. The van der Waals surface area contributed by atoms with Crippen molar-refractivity contribution in [1.29, 1.82) is 5.26 Å². The van der Waals surface area contributed by atoms with Crippen LogP contribution in [0.15, 0.2) is 58.3 Å². The van der Waals surface area contributed by atoms with Gasteiger partial charge in [-0.1, -0.05) is 31.2 Å². The van der Waals surface area contributed by atoms with Crippen molar-refractivity contribution >= 4 is 29.2 Å². The number of benzene rings is 2. The summed E-state index contributed by atoms with van der Waals surface area (Å²) in [6.45, 7) is 2.94. The molecule has 2 aromatic rings. The van der Waals surface area contributed by atoms with Crippen LogP contribution in [0.2, 0.25) is 0 Å². The van der Waals surface area contributed by atoms with Gasteiger partial charge in [0.15, 0.2) is 0 Å². The Bertz CT molecular complexity index is 606. The number of rotatable bonds is 7. The Morgan fingerprint density at radius 3 is 2.57 bits per heavy atom. The molecule has 0 radical (unpaired) electrons. The fraction of sp³-hybridized carbons (Fsp3) is 0.235. The van der Waals surface area contributed by atoms with Gasteiger partial charge >= 0.3 is 0 Å². The van der Waals surface area contributed by atoms with Gasteiger partial charge in [-0.2, -0.15) is 5.26 Å². The van der Waals surface area contributed by atoms with Gasteiger partial charge in [0.2, 0.25) is 0 Å². The van der Waals surface area contributed by atoms with E-state index in [1.807, 2.05) is 36.0 Å². The van der Waals surface area contributed by atoms with Crippen LogP contribution in [-0.2, 0) is 0 Å². The van der Waals surface area contributed by atoms with Gasteiger partial charge in [-0.05, 0) is 30.0 Å². The molecule has 0 atom stereocenters. The maximum Gasteiger partial charge on any atom is 0.102 e. The van der Waals surface area contributed by atoms with E-state index >= 15 is 0 Å². The number of thioether (sulfide) groups is 2. The number of hydrogen-bond acceptors (Lipinski definition) is 4. The van der Waals surface area contributed by atoms with E-state index < -0.39 is 0 Å². The molecule has 0 spiro atoms.